The molecule has 0 saturated carbocycles. The second-order valence-corrected chi connectivity index (χ2v) is 6.68. The number of Topliss-reactive ketones (excluding diaryl/α,β-unsaturated/α-hetero) is 1. The molecule has 4 nitrogen and oxygen atoms in total. The highest BCUT2D eigenvalue weighted by molar-refractivity contribution is 5.84. The van der Waals surface area contributed by atoms with E-state index in [0.29, 0.717) is 31.6 Å². The SMILES string of the molecule is CCC(=O)CCCCCCC(=O)NCCc1c(C)[nH]c2ccccc12. The Morgan fingerprint density at radius 1 is 1.04 bits per heavy atom. The third-order valence-corrected chi connectivity index (χ3v) is 4.73. The van der Waals surface area contributed by atoms with Crippen molar-refractivity contribution in [2.45, 2.75) is 65.2 Å². The van der Waals surface area contributed by atoms with E-state index < -0.39 is 0 Å². The molecule has 0 atom stereocenters. The highest BCUT2D eigenvalue weighted by Gasteiger charge is 2.08. The van der Waals surface area contributed by atoms with Crippen LogP contribution in [0.15, 0.2) is 24.3 Å². The third-order valence-electron chi connectivity index (χ3n) is 4.73. The number of H-pyrrole nitrogens is 1. The van der Waals surface area contributed by atoms with Gasteiger partial charge in [-0.15, -0.1) is 0 Å². The molecular weight excluding hydrogens is 312 g/mol. The molecule has 0 saturated heterocycles. The maximum atomic E-state index is 11.9. The number of rotatable bonds is 11. The molecule has 4 heteroatoms. The van der Waals surface area contributed by atoms with Gasteiger partial charge in [-0.1, -0.05) is 38.0 Å². The summed E-state index contributed by atoms with van der Waals surface area (Å²) in [7, 11) is 0. The van der Waals surface area contributed by atoms with Crippen LogP contribution in [0.5, 0.6) is 0 Å². The van der Waals surface area contributed by atoms with E-state index in [0.717, 1.165) is 37.6 Å². The lowest BCUT2D eigenvalue weighted by Gasteiger charge is -2.06. The van der Waals surface area contributed by atoms with Gasteiger partial charge in [0.05, 0.1) is 0 Å². The number of nitrogens with one attached hydrogen (secondary N) is 2. The molecule has 2 N–H and O–H groups in total. The molecule has 1 aromatic carbocycles. The predicted molar refractivity (Wildman–Crippen MR) is 103 cm³/mol. The number of aromatic amines is 1. The predicted octanol–water partition coefficient (Wildman–Crippen LogP) is 4.45. The average Bonchev–Trinajstić information content (AvgIpc) is 2.93. The number of benzene rings is 1. The summed E-state index contributed by atoms with van der Waals surface area (Å²) in [5.74, 6) is 0.465. The average molecular weight is 342 g/mol. The minimum atomic E-state index is 0.127. The van der Waals surface area contributed by atoms with Crippen LogP contribution in [0.3, 0.4) is 0 Å². The second kappa shape index (κ2) is 10.0. The highest BCUT2D eigenvalue weighted by atomic mass is 16.1. The Morgan fingerprint density at radius 3 is 2.52 bits per heavy atom. The van der Waals surface area contributed by atoms with Gasteiger partial charge in [0, 0.05) is 42.4 Å². The normalized spacial score (nSPS) is 11.0. The minimum Gasteiger partial charge on any atom is -0.358 e. The zero-order chi connectivity index (χ0) is 18.1. The van der Waals surface area contributed by atoms with Crippen molar-refractivity contribution in [3.63, 3.8) is 0 Å². The first-order valence-corrected chi connectivity index (χ1v) is 9.46. The van der Waals surface area contributed by atoms with Crippen molar-refractivity contribution in [3.8, 4) is 0 Å². The van der Waals surface area contributed by atoms with E-state index in [-0.39, 0.29) is 5.91 Å². The summed E-state index contributed by atoms with van der Waals surface area (Å²) in [6.07, 6.45) is 6.66. The van der Waals surface area contributed by atoms with Crippen LogP contribution in [0.4, 0.5) is 0 Å². The Balaban J connectivity index is 1.62. The fraction of sp³-hybridized carbons (Fsp3) is 0.524. The van der Waals surface area contributed by atoms with Crippen LogP contribution >= 0.6 is 0 Å². The first kappa shape index (κ1) is 19.2. The van der Waals surface area contributed by atoms with Crippen molar-refractivity contribution in [1.82, 2.24) is 10.3 Å². The van der Waals surface area contributed by atoms with Gasteiger partial charge in [0.2, 0.25) is 5.91 Å². The fourth-order valence-electron chi connectivity index (χ4n) is 3.21. The molecule has 1 heterocycles. The summed E-state index contributed by atoms with van der Waals surface area (Å²) < 4.78 is 0. The molecule has 0 aliphatic carbocycles. The Kier molecular flexibility index (Phi) is 7.71. The first-order chi connectivity index (χ1) is 12.1. The topological polar surface area (TPSA) is 62.0 Å². The van der Waals surface area contributed by atoms with Gasteiger partial charge < -0.3 is 10.3 Å². The molecule has 0 bridgehead atoms. The van der Waals surface area contributed by atoms with E-state index >= 15 is 0 Å². The van der Waals surface area contributed by atoms with Gasteiger partial charge in [-0.25, -0.2) is 0 Å². The minimum absolute atomic E-state index is 0.127. The molecule has 0 aliphatic rings. The lowest BCUT2D eigenvalue weighted by molar-refractivity contribution is -0.121. The molecule has 2 rings (SSSR count). The van der Waals surface area contributed by atoms with Crippen LogP contribution in [-0.4, -0.2) is 23.2 Å². The van der Waals surface area contributed by atoms with E-state index in [9.17, 15) is 9.59 Å². The van der Waals surface area contributed by atoms with Crippen molar-refractivity contribution >= 4 is 22.6 Å². The number of para-hydroxylation sites is 1. The Hall–Kier alpha value is -2.10. The number of hydrogen-bond donors (Lipinski definition) is 2. The highest BCUT2D eigenvalue weighted by Crippen LogP contribution is 2.21. The number of aryl methyl sites for hydroxylation is 1. The van der Waals surface area contributed by atoms with Crippen LogP contribution < -0.4 is 5.32 Å². The molecule has 0 unspecified atom stereocenters. The molecule has 0 spiro atoms. The Morgan fingerprint density at radius 2 is 1.76 bits per heavy atom. The number of carbonyl (C=O) groups is 2. The zero-order valence-electron chi connectivity index (χ0n) is 15.5. The zero-order valence-corrected chi connectivity index (χ0v) is 15.5. The fourth-order valence-corrected chi connectivity index (χ4v) is 3.21. The van der Waals surface area contributed by atoms with Gasteiger partial charge in [-0.2, -0.15) is 0 Å². The van der Waals surface area contributed by atoms with Crippen LogP contribution in [0, 0.1) is 6.92 Å². The summed E-state index contributed by atoms with van der Waals surface area (Å²) in [4.78, 5) is 26.5. The Bertz CT molecular complexity index is 703. The number of hydrogen-bond acceptors (Lipinski definition) is 2. The molecular formula is C21H30N2O2. The smallest absolute Gasteiger partial charge is 0.220 e. The van der Waals surface area contributed by atoms with Gasteiger partial charge in [0.15, 0.2) is 0 Å². The van der Waals surface area contributed by atoms with E-state index in [1.54, 1.807) is 0 Å². The molecule has 1 amide bonds. The van der Waals surface area contributed by atoms with Gasteiger partial charge in [-0.05, 0) is 37.8 Å². The van der Waals surface area contributed by atoms with Gasteiger partial charge >= 0.3 is 0 Å². The first-order valence-electron chi connectivity index (χ1n) is 9.46. The molecule has 2 aromatic rings. The summed E-state index contributed by atoms with van der Waals surface area (Å²) in [5, 5.41) is 4.27. The summed E-state index contributed by atoms with van der Waals surface area (Å²) >= 11 is 0. The third kappa shape index (κ3) is 6.04. The number of unbranched alkanes of at least 4 members (excludes halogenated alkanes) is 3. The quantitative estimate of drug-likeness (QED) is 0.592. The monoisotopic (exact) mass is 342 g/mol. The number of aromatic nitrogens is 1. The lowest BCUT2D eigenvalue weighted by Crippen LogP contribution is -2.25. The standard InChI is InChI=1S/C21H30N2O2/c1-3-17(24)10-6-4-5-7-13-21(25)22-15-14-18-16(2)23-20-12-9-8-11-19(18)20/h8-9,11-12,23H,3-7,10,13-15H2,1-2H3,(H,22,25). The largest absolute Gasteiger partial charge is 0.358 e. The summed E-state index contributed by atoms with van der Waals surface area (Å²) in [5.41, 5.74) is 3.62. The van der Waals surface area contributed by atoms with E-state index in [2.05, 4.69) is 29.4 Å². The van der Waals surface area contributed by atoms with Crippen LogP contribution in [-0.2, 0) is 16.0 Å². The maximum Gasteiger partial charge on any atom is 0.220 e. The molecule has 136 valence electrons. The number of carbonyl (C=O) groups excluding carboxylic acids is 2. The van der Waals surface area contributed by atoms with Crippen molar-refractivity contribution < 1.29 is 9.59 Å². The van der Waals surface area contributed by atoms with Gasteiger partial charge in [-0.3, -0.25) is 9.59 Å². The Labute approximate surface area is 150 Å². The van der Waals surface area contributed by atoms with E-state index in [1.807, 2.05) is 19.1 Å². The summed E-state index contributed by atoms with van der Waals surface area (Å²) in [6.45, 7) is 4.66. The van der Waals surface area contributed by atoms with Gasteiger partial charge in [0.1, 0.15) is 5.78 Å². The number of ketones is 1. The van der Waals surface area contributed by atoms with Crippen LogP contribution in [0.2, 0.25) is 0 Å². The lowest BCUT2D eigenvalue weighted by atomic mass is 10.1. The molecule has 1 aromatic heterocycles. The van der Waals surface area contributed by atoms with E-state index in [4.69, 9.17) is 0 Å². The molecule has 25 heavy (non-hydrogen) atoms. The van der Waals surface area contributed by atoms with Crippen molar-refractivity contribution in [1.29, 1.82) is 0 Å². The molecule has 0 fully saturated rings. The van der Waals surface area contributed by atoms with Crippen molar-refractivity contribution in [2.24, 2.45) is 0 Å². The van der Waals surface area contributed by atoms with Gasteiger partial charge in [0.25, 0.3) is 0 Å². The summed E-state index contributed by atoms with van der Waals surface area (Å²) in [6, 6.07) is 8.28. The van der Waals surface area contributed by atoms with E-state index in [1.165, 1.54) is 16.6 Å². The molecule has 0 aliphatic heterocycles. The van der Waals surface area contributed by atoms with Crippen molar-refractivity contribution in [2.75, 3.05) is 6.54 Å². The maximum absolute atomic E-state index is 11.9. The number of fused-ring (bicyclic) bond motifs is 1. The van der Waals surface area contributed by atoms with Crippen molar-refractivity contribution in [3.05, 3.63) is 35.5 Å². The molecule has 0 radical (unpaired) electrons. The van der Waals surface area contributed by atoms with Crippen LogP contribution in [0.1, 0.15) is 63.1 Å². The second-order valence-electron chi connectivity index (χ2n) is 6.68. The number of amides is 1. The van der Waals surface area contributed by atoms with Crippen LogP contribution in [0.25, 0.3) is 10.9 Å².